The van der Waals surface area contributed by atoms with Crippen LogP contribution < -0.4 is 10.6 Å². The van der Waals surface area contributed by atoms with E-state index < -0.39 is 24.5 Å². The van der Waals surface area contributed by atoms with Crippen LogP contribution in [0.15, 0.2) is 6.07 Å². The zero-order valence-corrected chi connectivity index (χ0v) is 15.0. The first-order valence-corrected chi connectivity index (χ1v) is 9.20. The van der Waals surface area contributed by atoms with Crippen LogP contribution in [-0.4, -0.2) is 30.6 Å². The van der Waals surface area contributed by atoms with Crippen molar-refractivity contribution in [1.82, 2.24) is 10.6 Å². The van der Waals surface area contributed by atoms with E-state index in [1.54, 1.807) is 0 Å². The Morgan fingerprint density at radius 2 is 2.00 bits per heavy atom. The number of nitrogens with one attached hydrogen (secondary N) is 2. The van der Waals surface area contributed by atoms with E-state index in [1.807, 2.05) is 19.9 Å². The van der Waals surface area contributed by atoms with Gasteiger partial charge in [-0.2, -0.15) is 0 Å². The molecule has 0 saturated carbocycles. The Kier molecular flexibility index (Phi) is 6.78. The molecule has 3 amide bonds. The topological polar surface area (TPSA) is 84.5 Å². The molecule has 7 heteroatoms. The number of aryl methyl sites for hydroxylation is 2. The Hall–Kier alpha value is -1.89. The number of hydrogen-bond donors (Lipinski definition) is 2. The molecule has 0 unspecified atom stereocenters. The smallest absolute Gasteiger partial charge is 0.348 e. The van der Waals surface area contributed by atoms with Gasteiger partial charge >= 0.3 is 12.0 Å². The fourth-order valence-electron chi connectivity index (χ4n) is 2.49. The van der Waals surface area contributed by atoms with Crippen LogP contribution in [0.25, 0.3) is 0 Å². The van der Waals surface area contributed by atoms with Crippen molar-refractivity contribution >= 4 is 29.2 Å². The summed E-state index contributed by atoms with van der Waals surface area (Å²) in [5.41, 5.74) is 1.22. The van der Waals surface area contributed by atoms with Gasteiger partial charge < -0.3 is 10.1 Å². The molecule has 2 N–H and O–H groups in total. The molecule has 1 aliphatic rings. The van der Waals surface area contributed by atoms with Crippen molar-refractivity contribution in [1.29, 1.82) is 0 Å². The van der Waals surface area contributed by atoms with Gasteiger partial charge in [-0.05, 0) is 50.7 Å². The van der Waals surface area contributed by atoms with Crippen molar-refractivity contribution in [2.75, 3.05) is 6.61 Å². The summed E-state index contributed by atoms with van der Waals surface area (Å²) in [7, 11) is 0. The van der Waals surface area contributed by atoms with E-state index in [-0.39, 0.29) is 6.04 Å². The number of ether oxygens (including phenoxy) is 1. The second kappa shape index (κ2) is 8.82. The van der Waals surface area contributed by atoms with Crippen molar-refractivity contribution in [2.24, 2.45) is 0 Å². The van der Waals surface area contributed by atoms with Gasteiger partial charge in [0.25, 0.3) is 5.91 Å². The van der Waals surface area contributed by atoms with E-state index >= 15 is 0 Å². The van der Waals surface area contributed by atoms with Crippen LogP contribution in [0.3, 0.4) is 0 Å². The van der Waals surface area contributed by atoms with Crippen molar-refractivity contribution in [3.05, 3.63) is 21.4 Å². The lowest BCUT2D eigenvalue weighted by molar-refractivity contribution is -0.123. The van der Waals surface area contributed by atoms with Crippen molar-refractivity contribution in [3.63, 3.8) is 0 Å². The lowest BCUT2D eigenvalue weighted by Crippen LogP contribution is -2.44. The fourth-order valence-corrected chi connectivity index (χ4v) is 3.64. The first-order chi connectivity index (χ1) is 11.5. The second-order valence-corrected chi connectivity index (χ2v) is 7.16. The van der Waals surface area contributed by atoms with Gasteiger partial charge in [-0.25, -0.2) is 9.59 Å². The van der Waals surface area contributed by atoms with Gasteiger partial charge in [0.1, 0.15) is 4.88 Å². The van der Waals surface area contributed by atoms with E-state index in [9.17, 15) is 14.4 Å². The monoisotopic (exact) mass is 352 g/mol. The molecule has 2 rings (SSSR count). The molecule has 0 radical (unpaired) electrons. The summed E-state index contributed by atoms with van der Waals surface area (Å²) in [4.78, 5) is 37.0. The van der Waals surface area contributed by atoms with Crippen LogP contribution in [0.4, 0.5) is 4.79 Å². The molecule has 1 atom stereocenters. The Labute approximate surface area is 146 Å². The maximum atomic E-state index is 12.1. The third-order valence-electron chi connectivity index (χ3n) is 4.02. The van der Waals surface area contributed by atoms with Crippen LogP contribution >= 0.6 is 11.3 Å². The zero-order valence-electron chi connectivity index (χ0n) is 14.1. The predicted molar refractivity (Wildman–Crippen MR) is 92.3 cm³/mol. The van der Waals surface area contributed by atoms with E-state index in [0.717, 1.165) is 32.1 Å². The standard InChI is InChI=1S/C17H24N2O4S/c1-3-11(2)18-17(22)19-15(20)10-23-16(21)14-9-12-7-5-4-6-8-13(12)24-14/h9,11H,3-8,10H2,1-2H3,(H2,18,19,20,22)/t11-/m1/s1. The highest BCUT2D eigenvalue weighted by Crippen LogP contribution is 2.29. The van der Waals surface area contributed by atoms with E-state index in [0.29, 0.717) is 4.88 Å². The lowest BCUT2D eigenvalue weighted by Gasteiger charge is -2.11. The summed E-state index contributed by atoms with van der Waals surface area (Å²) in [6.07, 6.45) is 6.28. The molecule has 132 valence electrons. The van der Waals surface area contributed by atoms with Gasteiger partial charge in [0.05, 0.1) is 0 Å². The van der Waals surface area contributed by atoms with E-state index in [2.05, 4.69) is 10.6 Å². The highest BCUT2D eigenvalue weighted by atomic mass is 32.1. The van der Waals surface area contributed by atoms with Crippen molar-refractivity contribution in [3.8, 4) is 0 Å². The number of carbonyl (C=O) groups is 3. The average molecular weight is 352 g/mol. The molecule has 1 aliphatic carbocycles. The Morgan fingerprint density at radius 1 is 1.25 bits per heavy atom. The van der Waals surface area contributed by atoms with Gasteiger partial charge in [0, 0.05) is 10.9 Å². The van der Waals surface area contributed by atoms with Crippen molar-refractivity contribution < 1.29 is 19.1 Å². The minimum absolute atomic E-state index is 0.0260. The summed E-state index contributed by atoms with van der Waals surface area (Å²) >= 11 is 1.45. The summed E-state index contributed by atoms with van der Waals surface area (Å²) in [5, 5.41) is 4.76. The predicted octanol–water partition coefficient (Wildman–Crippen LogP) is 2.80. The number of hydrogen-bond acceptors (Lipinski definition) is 5. The van der Waals surface area contributed by atoms with Gasteiger partial charge in [0.2, 0.25) is 0 Å². The van der Waals surface area contributed by atoms with Crippen LogP contribution in [0.1, 0.15) is 59.6 Å². The third-order valence-corrected chi connectivity index (χ3v) is 5.24. The fraction of sp³-hybridized carbons (Fsp3) is 0.588. The molecule has 6 nitrogen and oxygen atoms in total. The zero-order chi connectivity index (χ0) is 17.5. The lowest BCUT2D eigenvalue weighted by atomic mass is 10.1. The Bertz CT molecular complexity index is 588. The number of fused-ring (bicyclic) bond motifs is 1. The van der Waals surface area contributed by atoms with Crippen LogP contribution in [0.2, 0.25) is 0 Å². The molecule has 24 heavy (non-hydrogen) atoms. The molecular formula is C17H24N2O4S. The average Bonchev–Trinajstić information content (AvgIpc) is 2.83. The number of amides is 3. The summed E-state index contributed by atoms with van der Waals surface area (Å²) in [6, 6.07) is 1.27. The molecular weight excluding hydrogens is 328 g/mol. The quantitative estimate of drug-likeness (QED) is 0.630. The van der Waals surface area contributed by atoms with Crippen LogP contribution in [0, 0.1) is 0 Å². The number of rotatable bonds is 5. The molecule has 0 saturated heterocycles. The molecule has 0 fully saturated rings. The molecule has 0 aliphatic heterocycles. The van der Waals surface area contributed by atoms with Crippen molar-refractivity contribution in [2.45, 2.75) is 58.4 Å². The molecule has 0 bridgehead atoms. The SMILES string of the molecule is CC[C@@H](C)NC(=O)NC(=O)COC(=O)c1cc2c(s1)CCCCC2. The van der Waals surface area contributed by atoms with E-state index in [4.69, 9.17) is 4.74 Å². The summed E-state index contributed by atoms with van der Waals surface area (Å²) in [6.45, 7) is 3.30. The van der Waals surface area contributed by atoms with Crippen LogP contribution in [0.5, 0.6) is 0 Å². The summed E-state index contributed by atoms with van der Waals surface area (Å²) < 4.78 is 5.01. The Morgan fingerprint density at radius 3 is 2.75 bits per heavy atom. The normalized spacial score (nSPS) is 14.9. The van der Waals surface area contributed by atoms with E-state index in [1.165, 1.54) is 28.2 Å². The number of esters is 1. The highest BCUT2D eigenvalue weighted by molar-refractivity contribution is 7.14. The number of carbonyl (C=O) groups excluding carboxylic acids is 3. The maximum Gasteiger partial charge on any atom is 0.348 e. The number of thiophene rings is 1. The third kappa shape index (κ3) is 5.33. The highest BCUT2D eigenvalue weighted by Gasteiger charge is 2.19. The minimum Gasteiger partial charge on any atom is -0.451 e. The molecule has 1 heterocycles. The van der Waals surface area contributed by atoms with Gasteiger partial charge in [0.15, 0.2) is 6.61 Å². The van der Waals surface area contributed by atoms with Gasteiger partial charge in [-0.3, -0.25) is 10.1 Å². The largest absolute Gasteiger partial charge is 0.451 e. The van der Waals surface area contributed by atoms with Gasteiger partial charge in [-0.1, -0.05) is 13.3 Å². The number of imide groups is 1. The maximum absolute atomic E-state index is 12.1. The Balaban J connectivity index is 1.80. The molecule has 0 spiro atoms. The van der Waals surface area contributed by atoms with Gasteiger partial charge in [-0.15, -0.1) is 11.3 Å². The molecule has 1 aromatic heterocycles. The summed E-state index contributed by atoms with van der Waals surface area (Å²) in [5.74, 6) is -1.15. The molecule has 0 aromatic carbocycles. The number of urea groups is 1. The second-order valence-electron chi connectivity index (χ2n) is 6.03. The van der Waals surface area contributed by atoms with Crippen LogP contribution in [-0.2, 0) is 22.4 Å². The first kappa shape index (κ1) is 18.4. The minimum atomic E-state index is -0.637. The first-order valence-electron chi connectivity index (χ1n) is 8.38. The molecule has 1 aromatic rings.